The van der Waals surface area contributed by atoms with Gasteiger partial charge in [0.05, 0.1) is 0 Å². The van der Waals surface area contributed by atoms with Crippen LogP contribution in [0.5, 0.6) is 0 Å². The van der Waals surface area contributed by atoms with Crippen LogP contribution in [0.15, 0.2) is 49.2 Å². The molecular weight excluding hydrogens is 290 g/mol. The standard InChI is InChI=1S/C17H17N5O/c23-17(16-15-4-2-1-3-13(15)5-8-18-16)21-9-6-14(7-10-21)22-11-19-20-12-22/h1-5,8,11-12,14H,6-7,9-10H2. The van der Waals surface area contributed by atoms with Crippen LogP contribution in [0.3, 0.4) is 0 Å². The van der Waals surface area contributed by atoms with Crippen molar-refractivity contribution >= 4 is 16.7 Å². The maximum atomic E-state index is 12.8. The van der Waals surface area contributed by atoms with E-state index in [1.54, 1.807) is 18.9 Å². The van der Waals surface area contributed by atoms with E-state index in [9.17, 15) is 4.79 Å². The van der Waals surface area contributed by atoms with Gasteiger partial charge in [-0.15, -0.1) is 10.2 Å². The van der Waals surface area contributed by atoms with E-state index < -0.39 is 0 Å². The maximum absolute atomic E-state index is 12.8. The van der Waals surface area contributed by atoms with Gasteiger partial charge < -0.3 is 9.47 Å². The molecule has 3 aromatic rings. The molecule has 0 N–H and O–H groups in total. The average molecular weight is 307 g/mol. The summed E-state index contributed by atoms with van der Waals surface area (Å²) in [6, 6.07) is 10.2. The Kier molecular flexibility index (Phi) is 3.49. The summed E-state index contributed by atoms with van der Waals surface area (Å²) in [4.78, 5) is 19.1. The Morgan fingerprint density at radius 1 is 1.04 bits per heavy atom. The maximum Gasteiger partial charge on any atom is 0.273 e. The molecule has 6 heteroatoms. The van der Waals surface area contributed by atoms with E-state index in [0.717, 1.165) is 36.7 Å². The first-order valence-corrected chi connectivity index (χ1v) is 7.80. The molecule has 0 saturated carbocycles. The molecule has 4 rings (SSSR count). The lowest BCUT2D eigenvalue weighted by Crippen LogP contribution is -2.39. The number of fused-ring (bicyclic) bond motifs is 1. The Morgan fingerprint density at radius 3 is 2.57 bits per heavy atom. The summed E-state index contributed by atoms with van der Waals surface area (Å²) >= 11 is 0. The van der Waals surface area contributed by atoms with Crippen LogP contribution >= 0.6 is 0 Å². The first-order valence-electron chi connectivity index (χ1n) is 7.80. The first kappa shape index (κ1) is 13.9. The van der Waals surface area contributed by atoms with Crippen LogP contribution < -0.4 is 0 Å². The zero-order valence-electron chi connectivity index (χ0n) is 12.7. The van der Waals surface area contributed by atoms with Gasteiger partial charge in [0.2, 0.25) is 0 Å². The topological polar surface area (TPSA) is 63.9 Å². The number of hydrogen-bond donors (Lipinski definition) is 0. The van der Waals surface area contributed by atoms with Gasteiger partial charge in [-0.3, -0.25) is 9.78 Å². The third-order valence-corrected chi connectivity index (χ3v) is 4.49. The Labute approximate surface area is 133 Å². The van der Waals surface area contributed by atoms with Gasteiger partial charge in [-0.25, -0.2) is 0 Å². The molecule has 0 aliphatic carbocycles. The fraction of sp³-hybridized carbons (Fsp3) is 0.294. The van der Waals surface area contributed by atoms with Crippen molar-refractivity contribution in [1.29, 1.82) is 0 Å². The molecule has 0 radical (unpaired) electrons. The zero-order chi connectivity index (χ0) is 15.6. The molecule has 0 atom stereocenters. The predicted molar refractivity (Wildman–Crippen MR) is 85.9 cm³/mol. The van der Waals surface area contributed by atoms with Crippen molar-refractivity contribution in [3.63, 3.8) is 0 Å². The lowest BCUT2D eigenvalue weighted by atomic mass is 10.0. The number of likely N-dealkylation sites (tertiary alicyclic amines) is 1. The number of pyridine rings is 1. The predicted octanol–water partition coefficient (Wildman–Crippen LogP) is 2.30. The number of nitrogens with zero attached hydrogens (tertiary/aromatic N) is 5. The van der Waals surface area contributed by atoms with E-state index in [4.69, 9.17) is 0 Å². The Bertz CT molecular complexity index is 817. The number of aromatic nitrogens is 4. The van der Waals surface area contributed by atoms with E-state index in [1.165, 1.54) is 0 Å². The number of hydrogen-bond acceptors (Lipinski definition) is 4. The van der Waals surface area contributed by atoms with E-state index in [2.05, 4.69) is 15.2 Å². The minimum atomic E-state index is 0.0176. The van der Waals surface area contributed by atoms with Gasteiger partial charge in [0.15, 0.2) is 0 Å². The van der Waals surface area contributed by atoms with E-state index in [1.807, 2.05) is 39.8 Å². The minimum absolute atomic E-state index is 0.0176. The van der Waals surface area contributed by atoms with Crippen LogP contribution in [-0.2, 0) is 0 Å². The van der Waals surface area contributed by atoms with Crippen molar-refractivity contribution in [2.75, 3.05) is 13.1 Å². The molecule has 2 aromatic heterocycles. The van der Waals surface area contributed by atoms with Crippen molar-refractivity contribution in [2.45, 2.75) is 18.9 Å². The number of amides is 1. The van der Waals surface area contributed by atoms with Gasteiger partial charge in [0.1, 0.15) is 18.3 Å². The highest BCUT2D eigenvalue weighted by Crippen LogP contribution is 2.24. The number of carbonyl (C=O) groups is 1. The van der Waals surface area contributed by atoms with Crippen LogP contribution in [0, 0.1) is 0 Å². The van der Waals surface area contributed by atoms with Crippen molar-refractivity contribution in [3.8, 4) is 0 Å². The Morgan fingerprint density at radius 2 is 1.78 bits per heavy atom. The van der Waals surface area contributed by atoms with Gasteiger partial charge in [-0.05, 0) is 24.3 Å². The molecular formula is C17H17N5O. The fourth-order valence-electron chi connectivity index (χ4n) is 3.20. The third kappa shape index (κ3) is 2.56. The fourth-order valence-corrected chi connectivity index (χ4v) is 3.20. The summed E-state index contributed by atoms with van der Waals surface area (Å²) in [5.74, 6) is 0.0176. The summed E-state index contributed by atoms with van der Waals surface area (Å²) in [7, 11) is 0. The quantitative estimate of drug-likeness (QED) is 0.729. The monoisotopic (exact) mass is 307 g/mol. The van der Waals surface area contributed by atoms with Crippen molar-refractivity contribution in [2.24, 2.45) is 0 Å². The lowest BCUT2D eigenvalue weighted by molar-refractivity contribution is 0.0690. The number of piperidine rings is 1. The molecule has 6 nitrogen and oxygen atoms in total. The average Bonchev–Trinajstić information content (AvgIpc) is 3.15. The van der Waals surface area contributed by atoms with Crippen molar-refractivity contribution in [1.82, 2.24) is 24.6 Å². The number of benzene rings is 1. The Balaban J connectivity index is 1.54. The highest BCUT2D eigenvalue weighted by molar-refractivity contribution is 6.05. The largest absolute Gasteiger partial charge is 0.337 e. The Hall–Kier alpha value is -2.76. The van der Waals surface area contributed by atoms with Gasteiger partial charge >= 0.3 is 0 Å². The lowest BCUT2D eigenvalue weighted by Gasteiger charge is -2.32. The third-order valence-electron chi connectivity index (χ3n) is 4.49. The number of carbonyl (C=O) groups excluding carboxylic acids is 1. The molecule has 116 valence electrons. The van der Waals surface area contributed by atoms with Gasteiger partial charge in [-0.2, -0.15) is 0 Å². The second kappa shape index (κ2) is 5.79. The SMILES string of the molecule is O=C(c1nccc2ccccc12)N1CCC(n2cnnc2)CC1. The second-order valence-corrected chi connectivity index (χ2v) is 5.81. The molecule has 0 spiro atoms. The second-order valence-electron chi connectivity index (χ2n) is 5.81. The summed E-state index contributed by atoms with van der Waals surface area (Å²) in [5, 5.41) is 9.68. The van der Waals surface area contributed by atoms with Crippen LogP contribution in [0.1, 0.15) is 29.4 Å². The normalized spacial score (nSPS) is 15.9. The molecule has 3 heterocycles. The highest BCUT2D eigenvalue weighted by Gasteiger charge is 2.26. The molecule has 0 bridgehead atoms. The van der Waals surface area contributed by atoms with Gasteiger partial charge in [0.25, 0.3) is 5.91 Å². The van der Waals surface area contributed by atoms with Crippen LogP contribution in [0.4, 0.5) is 0 Å². The minimum Gasteiger partial charge on any atom is -0.337 e. The molecule has 1 aliphatic heterocycles. The molecule has 1 amide bonds. The summed E-state index contributed by atoms with van der Waals surface area (Å²) in [5.41, 5.74) is 0.547. The molecule has 1 fully saturated rings. The molecule has 1 aliphatic rings. The van der Waals surface area contributed by atoms with Crippen molar-refractivity contribution < 1.29 is 4.79 Å². The van der Waals surface area contributed by atoms with Crippen LogP contribution in [0.25, 0.3) is 10.8 Å². The molecule has 23 heavy (non-hydrogen) atoms. The zero-order valence-corrected chi connectivity index (χ0v) is 12.7. The van der Waals surface area contributed by atoms with Crippen LogP contribution in [-0.4, -0.2) is 43.6 Å². The van der Waals surface area contributed by atoms with E-state index >= 15 is 0 Å². The number of rotatable bonds is 2. The first-order chi connectivity index (χ1) is 11.3. The van der Waals surface area contributed by atoms with Crippen LogP contribution in [0.2, 0.25) is 0 Å². The molecule has 0 unspecified atom stereocenters. The molecule has 1 aromatic carbocycles. The van der Waals surface area contributed by atoms with Gasteiger partial charge in [-0.1, -0.05) is 24.3 Å². The van der Waals surface area contributed by atoms with Gasteiger partial charge in [0, 0.05) is 30.7 Å². The van der Waals surface area contributed by atoms with E-state index in [0.29, 0.717) is 11.7 Å². The molecule has 1 saturated heterocycles. The smallest absolute Gasteiger partial charge is 0.273 e. The van der Waals surface area contributed by atoms with E-state index in [-0.39, 0.29) is 5.91 Å². The highest BCUT2D eigenvalue weighted by atomic mass is 16.2. The van der Waals surface area contributed by atoms with Crippen molar-refractivity contribution in [3.05, 3.63) is 54.9 Å². The summed E-state index contributed by atoms with van der Waals surface area (Å²) in [6.45, 7) is 1.46. The summed E-state index contributed by atoms with van der Waals surface area (Å²) < 4.78 is 2.03. The summed E-state index contributed by atoms with van der Waals surface area (Å²) in [6.07, 6.45) is 7.02.